The van der Waals surface area contributed by atoms with Crippen molar-refractivity contribution >= 4 is 5.91 Å². The first-order valence-electron chi connectivity index (χ1n) is 7.35. The summed E-state index contributed by atoms with van der Waals surface area (Å²) < 4.78 is 0. The number of carbonyl (C=O) groups excluding carboxylic acids is 1. The van der Waals surface area contributed by atoms with Gasteiger partial charge in [0.1, 0.15) is 0 Å². The van der Waals surface area contributed by atoms with E-state index in [4.69, 9.17) is 0 Å². The molecule has 0 saturated carbocycles. The molecular weight excluding hydrogens is 258 g/mol. The van der Waals surface area contributed by atoms with Crippen LogP contribution in [-0.4, -0.2) is 16.3 Å². The Bertz CT molecular complexity index is 570. The molecule has 2 rings (SSSR count). The second-order valence-corrected chi connectivity index (χ2v) is 6.30. The third-order valence-corrected chi connectivity index (χ3v) is 3.49. The van der Waals surface area contributed by atoms with Gasteiger partial charge in [-0.2, -0.15) is 0 Å². The summed E-state index contributed by atoms with van der Waals surface area (Å²) in [6.45, 7) is 6.90. The number of nitrogens with zero attached hydrogens (tertiary/aromatic N) is 1. The maximum atomic E-state index is 12.7. The molecule has 2 nitrogen and oxygen atoms in total. The minimum Gasteiger partial charge on any atom is -0.333 e. The lowest BCUT2D eigenvalue weighted by molar-refractivity contribution is -0.136. The smallest absolute Gasteiger partial charge is 0.227 e. The highest BCUT2D eigenvalue weighted by atomic mass is 16.2. The molecule has 0 saturated heterocycles. The van der Waals surface area contributed by atoms with Gasteiger partial charge in [-0.15, -0.1) is 0 Å². The van der Waals surface area contributed by atoms with Gasteiger partial charge in [0.05, 0.1) is 6.42 Å². The van der Waals surface area contributed by atoms with Gasteiger partial charge in [0, 0.05) is 12.1 Å². The molecule has 0 N–H and O–H groups in total. The van der Waals surface area contributed by atoms with Crippen molar-refractivity contribution in [2.45, 2.75) is 39.3 Å². The number of hydrogen-bond donors (Lipinski definition) is 0. The van der Waals surface area contributed by atoms with Crippen LogP contribution in [-0.2, 0) is 17.8 Å². The zero-order valence-corrected chi connectivity index (χ0v) is 13.0. The van der Waals surface area contributed by atoms with Crippen LogP contribution in [0.25, 0.3) is 0 Å². The molecule has 0 aromatic heterocycles. The summed E-state index contributed by atoms with van der Waals surface area (Å²) in [6.07, 6.45) is 0.449. The van der Waals surface area contributed by atoms with Gasteiger partial charge >= 0.3 is 0 Å². The molecule has 0 aliphatic heterocycles. The van der Waals surface area contributed by atoms with Crippen LogP contribution in [0.4, 0.5) is 0 Å². The molecule has 0 bridgehead atoms. The van der Waals surface area contributed by atoms with Gasteiger partial charge in [-0.05, 0) is 31.9 Å². The second-order valence-electron chi connectivity index (χ2n) is 6.30. The Balaban J connectivity index is 2.15. The molecule has 2 heteroatoms. The van der Waals surface area contributed by atoms with Crippen LogP contribution in [0.5, 0.6) is 0 Å². The highest BCUT2D eigenvalue weighted by Gasteiger charge is 2.26. The third kappa shape index (κ3) is 4.45. The lowest BCUT2D eigenvalue weighted by atomic mass is 10.0. The average molecular weight is 281 g/mol. The van der Waals surface area contributed by atoms with Crippen LogP contribution in [0, 0.1) is 0 Å². The van der Waals surface area contributed by atoms with Gasteiger partial charge in [0.25, 0.3) is 0 Å². The molecule has 2 aromatic carbocycles. The lowest BCUT2D eigenvalue weighted by Gasteiger charge is -2.36. The van der Waals surface area contributed by atoms with Gasteiger partial charge in [-0.25, -0.2) is 0 Å². The molecule has 1 amide bonds. The number of amides is 1. The van der Waals surface area contributed by atoms with Crippen molar-refractivity contribution < 1.29 is 4.79 Å². The van der Waals surface area contributed by atoms with E-state index in [9.17, 15) is 4.79 Å². The maximum absolute atomic E-state index is 12.7. The predicted molar refractivity (Wildman–Crippen MR) is 86.9 cm³/mol. The first-order valence-corrected chi connectivity index (χ1v) is 7.35. The number of hydrogen-bond acceptors (Lipinski definition) is 1. The Labute approximate surface area is 127 Å². The Morgan fingerprint density at radius 1 is 0.857 bits per heavy atom. The highest BCUT2D eigenvalue weighted by Crippen LogP contribution is 2.19. The summed E-state index contributed by atoms with van der Waals surface area (Å²) in [4.78, 5) is 14.6. The monoisotopic (exact) mass is 281 g/mol. The van der Waals surface area contributed by atoms with Crippen LogP contribution < -0.4 is 0 Å². The normalized spacial score (nSPS) is 11.2. The fourth-order valence-corrected chi connectivity index (χ4v) is 2.33. The van der Waals surface area contributed by atoms with E-state index in [1.807, 2.05) is 53.4 Å². The molecule has 2 aromatic rings. The van der Waals surface area contributed by atoms with Gasteiger partial charge in [0.15, 0.2) is 0 Å². The van der Waals surface area contributed by atoms with Crippen LogP contribution in [0.15, 0.2) is 60.7 Å². The fraction of sp³-hybridized carbons (Fsp3) is 0.316. The molecule has 0 radical (unpaired) electrons. The average Bonchev–Trinajstić information content (AvgIpc) is 2.45. The maximum Gasteiger partial charge on any atom is 0.227 e. The van der Waals surface area contributed by atoms with E-state index in [0.29, 0.717) is 13.0 Å². The molecule has 0 unspecified atom stereocenters. The van der Waals surface area contributed by atoms with Crippen molar-refractivity contribution in [1.82, 2.24) is 4.90 Å². The van der Waals surface area contributed by atoms with Crippen molar-refractivity contribution in [3.63, 3.8) is 0 Å². The van der Waals surface area contributed by atoms with E-state index >= 15 is 0 Å². The van der Waals surface area contributed by atoms with Gasteiger partial charge in [0.2, 0.25) is 5.91 Å². The molecule has 0 aliphatic carbocycles. The topological polar surface area (TPSA) is 20.3 Å². The van der Waals surface area contributed by atoms with Crippen molar-refractivity contribution in [3.05, 3.63) is 71.8 Å². The Morgan fingerprint density at radius 2 is 1.33 bits per heavy atom. The minimum atomic E-state index is -0.193. The summed E-state index contributed by atoms with van der Waals surface area (Å²) >= 11 is 0. The van der Waals surface area contributed by atoms with Crippen molar-refractivity contribution in [3.8, 4) is 0 Å². The largest absolute Gasteiger partial charge is 0.333 e. The Kier molecular flexibility index (Phi) is 4.79. The van der Waals surface area contributed by atoms with E-state index in [1.165, 1.54) is 0 Å². The SMILES string of the molecule is CC(C)(C)N(Cc1ccccc1)C(=O)Cc1ccccc1. The fourth-order valence-electron chi connectivity index (χ4n) is 2.33. The molecule has 0 fully saturated rings. The van der Waals surface area contributed by atoms with E-state index in [0.717, 1.165) is 11.1 Å². The molecule has 0 heterocycles. The van der Waals surface area contributed by atoms with Gasteiger partial charge in [-0.1, -0.05) is 60.7 Å². The van der Waals surface area contributed by atoms with Crippen LogP contribution in [0.2, 0.25) is 0 Å². The Hall–Kier alpha value is -2.09. The quantitative estimate of drug-likeness (QED) is 0.827. The molecule has 0 aliphatic rings. The first-order chi connectivity index (χ1) is 9.97. The number of carbonyl (C=O) groups is 1. The molecule has 0 atom stereocenters. The van der Waals surface area contributed by atoms with Crippen molar-refractivity contribution in [2.75, 3.05) is 0 Å². The summed E-state index contributed by atoms with van der Waals surface area (Å²) in [5, 5.41) is 0. The van der Waals surface area contributed by atoms with E-state index in [2.05, 4.69) is 32.9 Å². The third-order valence-electron chi connectivity index (χ3n) is 3.49. The molecule has 0 spiro atoms. The van der Waals surface area contributed by atoms with Crippen LogP contribution in [0.1, 0.15) is 31.9 Å². The van der Waals surface area contributed by atoms with Crippen molar-refractivity contribution in [1.29, 1.82) is 0 Å². The second kappa shape index (κ2) is 6.57. The van der Waals surface area contributed by atoms with Gasteiger partial charge in [-0.3, -0.25) is 4.79 Å². The first kappa shape index (κ1) is 15.3. The van der Waals surface area contributed by atoms with E-state index in [1.54, 1.807) is 0 Å². The minimum absolute atomic E-state index is 0.164. The molecule has 21 heavy (non-hydrogen) atoms. The number of benzene rings is 2. The van der Waals surface area contributed by atoms with Crippen molar-refractivity contribution in [2.24, 2.45) is 0 Å². The highest BCUT2D eigenvalue weighted by molar-refractivity contribution is 5.79. The standard InChI is InChI=1S/C19H23NO/c1-19(2,3)20(15-17-12-8-5-9-13-17)18(21)14-16-10-6-4-7-11-16/h4-13H,14-15H2,1-3H3. The summed E-state index contributed by atoms with van der Waals surface area (Å²) in [5.74, 6) is 0.164. The number of rotatable bonds is 4. The van der Waals surface area contributed by atoms with Crippen LogP contribution >= 0.6 is 0 Å². The van der Waals surface area contributed by atoms with E-state index < -0.39 is 0 Å². The van der Waals surface area contributed by atoms with E-state index in [-0.39, 0.29) is 11.4 Å². The Morgan fingerprint density at radius 3 is 1.81 bits per heavy atom. The van der Waals surface area contributed by atoms with Crippen LogP contribution in [0.3, 0.4) is 0 Å². The molecule has 110 valence electrons. The lowest BCUT2D eigenvalue weighted by Crippen LogP contribution is -2.45. The summed E-state index contributed by atoms with van der Waals surface area (Å²) in [5.41, 5.74) is 2.03. The predicted octanol–water partition coefficient (Wildman–Crippen LogP) is 4.06. The zero-order chi connectivity index (χ0) is 15.3. The van der Waals surface area contributed by atoms with Gasteiger partial charge < -0.3 is 4.90 Å². The zero-order valence-electron chi connectivity index (χ0n) is 13.0. The summed E-state index contributed by atoms with van der Waals surface area (Å²) in [7, 11) is 0. The summed E-state index contributed by atoms with van der Waals surface area (Å²) in [6, 6.07) is 20.1. The molecular formula is C19H23NO.